The van der Waals surface area contributed by atoms with Gasteiger partial charge < -0.3 is 14.7 Å². The molecule has 1 aliphatic rings. The van der Waals surface area contributed by atoms with Gasteiger partial charge >= 0.3 is 0 Å². The van der Waals surface area contributed by atoms with E-state index in [-0.39, 0.29) is 11.7 Å². The minimum absolute atomic E-state index is 0.0722. The lowest BCUT2D eigenvalue weighted by atomic mass is 10.2. The first-order valence-electron chi connectivity index (χ1n) is 9.41. The van der Waals surface area contributed by atoms with Crippen molar-refractivity contribution in [3.05, 3.63) is 48.2 Å². The van der Waals surface area contributed by atoms with Gasteiger partial charge in [-0.1, -0.05) is 13.3 Å². The molecule has 1 fully saturated rings. The smallest absolute Gasteiger partial charge is 0.272 e. The number of piperazine rings is 1. The van der Waals surface area contributed by atoms with Gasteiger partial charge in [0.2, 0.25) is 0 Å². The van der Waals surface area contributed by atoms with Crippen LogP contribution < -0.4 is 9.80 Å². The molecule has 0 saturated carbocycles. The normalized spacial score (nSPS) is 14.3. The molecule has 0 unspecified atom stereocenters. The van der Waals surface area contributed by atoms with E-state index in [4.69, 9.17) is 0 Å². The number of anilines is 2. The average molecular weight is 371 g/mol. The van der Waals surface area contributed by atoms with Crippen molar-refractivity contribution in [2.24, 2.45) is 0 Å². The molecule has 2 aromatic rings. The van der Waals surface area contributed by atoms with Crippen molar-refractivity contribution < 1.29 is 9.18 Å². The Balaban J connectivity index is 1.63. The van der Waals surface area contributed by atoms with E-state index in [0.717, 1.165) is 57.1 Å². The van der Waals surface area contributed by atoms with Crippen LogP contribution in [0.2, 0.25) is 0 Å². The second-order valence-electron chi connectivity index (χ2n) is 6.79. The zero-order valence-electron chi connectivity index (χ0n) is 15.9. The number of halogens is 1. The number of carbonyl (C=O) groups excluding carboxylic acids is 1. The van der Waals surface area contributed by atoms with Crippen LogP contribution in [0.4, 0.5) is 15.9 Å². The summed E-state index contributed by atoms with van der Waals surface area (Å²) in [7, 11) is 1.81. The van der Waals surface area contributed by atoms with Gasteiger partial charge in [0.25, 0.3) is 5.91 Å². The number of hydrogen-bond acceptors (Lipinski definition) is 5. The van der Waals surface area contributed by atoms with Crippen LogP contribution in [0.15, 0.2) is 36.7 Å². The summed E-state index contributed by atoms with van der Waals surface area (Å²) >= 11 is 0. The van der Waals surface area contributed by atoms with Crippen LogP contribution in [-0.4, -0.2) is 60.5 Å². The van der Waals surface area contributed by atoms with Crippen LogP contribution in [0.3, 0.4) is 0 Å². The quantitative estimate of drug-likeness (QED) is 0.782. The van der Waals surface area contributed by atoms with Crippen molar-refractivity contribution in [3.8, 4) is 0 Å². The van der Waals surface area contributed by atoms with Crippen LogP contribution >= 0.6 is 0 Å². The van der Waals surface area contributed by atoms with E-state index in [9.17, 15) is 9.18 Å². The molecular weight excluding hydrogens is 345 g/mol. The molecule has 0 spiro atoms. The van der Waals surface area contributed by atoms with E-state index in [1.54, 1.807) is 30.1 Å². The highest BCUT2D eigenvalue weighted by Gasteiger charge is 2.20. The molecule has 1 aromatic heterocycles. The lowest BCUT2D eigenvalue weighted by Gasteiger charge is -2.36. The Labute approximate surface area is 159 Å². The fourth-order valence-corrected chi connectivity index (χ4v) is 3.17. The molecule has 144 valence electrons. The Kier molecular flexibility index (Phi) is 6.21. The first-order chi connectivity index (χ1) is 13.1. The van der Waals surface area contributed by atoms with Gasteiger partial charge in [-0.05, 0) is 30.7 Å². The van der Waals surface area contributed by atoms with E-state index < -0.39 is 0 Å². The number of benzene rings is 1. The second-order valence-corrected chi connectivity index (χ2v) is 6.79. The Bertz CT molecular complexity index is 759. The van der Waals surface area contributed by atoms with Crippen LogP contribution in [-0.2, 0) is 0 Å². The Hall–Kier alpha value is -2.70. The van der Waals surface area contributed by atoms with Crippen LogP contribution in [0, 0.1) is 5.82 Å². The van der Waals surface area contributed by atoms with E-state index in [0.29, 0.717) is 5.69 Å². The number of rotatable bonds is 6. The van der Waals surface area contributed by atoms with E-state index in [1.807, 2.05) is 0 Å². The molecule has 1 aliphatic heterocycles. The van der Waals surface area contributed by atoms with Crippen molar-refractivity contribution in [1.29, 1.82) is 0 Å². The highest BCUT2D eigenvalue weighted by molar-refractivity contribution is 5.92. The Morgan fingerprint density at radius 1 is 1.11 bits per heavy atom. The molecule has 6 nitrogen and oxygen atoms in total. The van der Waals surface area contributed by atoms with Gasteiger partial charge in [0.15, 0.2) is 0 Å². The molecule has 0 N–H and O–H groups in total. The van der Waals surface area contributed by atoms with Gasteiger partial charge in [-0.15, -0.1) is 0 Å². The summed E-state index contributed by atoms with van der Waals surface area (Å²) in [4.78, 5) is 27.1. The molecule has 0 aliphatic carbocycles. The van der Waals surface area contributed by atoms with Crippen molar-refractivity contribution >= 4 is 17.4 Å². The summed E-state index contributed by atoms with van der Waals surface area (Å²) in [5.74, 6) is 0.479. The summed E-state index contributed by atoms with van der Waals surface area (Å²) in [5.41, 5.74) is 1.45. The lowest BCUT2D eigenvalue weighted by molar-refractivity contribution is 0.0787. The first-order valence-corrected chi connectivity index (χ1v) is 9.41. The third kappa shape index (κ3) is 4.72. The fourth-order valence-electron chi connectivity index (χ4n) is 3.17. The molecule has 27 heavy (non-hydrogen) atoms. The second kappa shape index (κ2) is 8.79. The molecule has 1 amide bonds. The first kappa shape index (κ1) is 19.1. The van der Waals surface area contributed by atoms with Gasteiger partial charge in [-0.3, -0.25) is 4.79 Å². The largest absolute Gasteiger partial charge is 0.368 e. The minimum atomic E-state index is -0.223. The number of unbranched alkanes of at least 4 members (excludes halogenated alkanes) is 1. The molecule has 1 aromatic carbocycles. The maximum absolute atomic E-state index is 13.1. The van der Waals surface area contributed by atoms with Gasteiger partial charge in [-0.25, -0.2) is 14.4 Å². The monoisotopic (exact) mass is 371 g/mol. The summed E-state index contributed by atoms with van der Waals surface area (Å²) in [6, 6.07) is 8.35. The van der Waals surface area contributed by atoms with Crippen LogP contribution in [0.1, 0.15) is 30.3 Å². The number of aromatic nitrogens is 2. The maximum Gasteiger partial charge on any atom is 0.272 e. The zero-order chi connectivity index (χ0) is 19.2. The Morgan fingerprint density at radius 2 is 1.78 bits per heavy atom. The molecule has 0 atom stereocenters. The van der Waals surface area contributed by atoms with Crippen LogP contribution in [0.25, 0.3) is 0 Å². The van der Waals surface area contributed by atoms with Crippen molar-refractivity contribution in [2.45, 2.75) is 19.8 Å². The van der Waals surface area contributed by atoms with Crippen molar-refractivity contribution in [1.82, 2.24) is 14.9 Å². The highest BCUT2D eigenvalue weighted by atomic mass is 19.1. The fraction of sp³-hybridized carbons (Fsp3) is 0.450. The predicted octanol–water partition coefficient (Wildman–Crippen LogP) is 2.81. The van der Waals surface area contributed by atoms with Crippen molar-refractivity contribution in [2.75, 3.05) is 49.6 Å². The number of carbonyl (C=O) groups is 1. The minimum Gasteiger partial charge on any atom is -0.368 e. The molecular formula is C20H26FN5O. The summed E-state index contributed by atoms with van der Waals surface area (Å²) in [6.07, 6.45) is 3.49. The molecule has 0 bridgehead atoms. The SMILES string of the molecule is CCCCN(C)C(=O)c1cc(N2CCN(c3ccc(F)cc3)CC2)ncn1. The molecule has 2 heterocycles. The summed E-state index contributed by atoms with van der Waals surface area (Å²) < 4.78 is 13.1. The standard InChI is InChI=1S/C20H26FN5O/c1-3-4-9-24(2)20(27)18-14-19(23-15-22-18)26-12-10-25(11-13-26)17-7-5-16(21)6-8-17/h5-8,14-15H,3-4,9-13H2,1-2H3. The third-order valence-corrected chi connectivity index (χ3v) is 4.86. The van der Waals surface area contributed by atoms with Gasteiger partial charge in [0.1, 0.15) is 23.7 Å². The zero-order valence-corrected chi connectivity index (χ0v) is 15.9. The van der Waals surface area contributed by atoms with Gasteiger partial charge in [-0.2, -0.15) is 0 Å². The van der Waals surface area contributed by atoms with E-state index in [2.05, 4.69) is 26.7 Å². The number of amides is 1. The van der Waals surface area contributed by atoms with E-state index >= 15 is 0 Å². The van der Waals surface area contributed by atoms with Crippen LogP contribution in [0.5, 0.6) is 0 Å². The van der Waals surface area contributed by atoms with Crippen molar-refractivity contribution in [3.63, 3.8) is 0 Å². The summed E-state index contributed by atoms with van der Waals surface area (Å²) in [5, 5.41) is 0. The number of hydrogen-bond donors (Lipinski definition) is 0. The van der Waals surface area contributed by atoms with Gasteiger partial charge in [0.05, 0.1) is 0 Å². The predicted molar refractivity (Wildman–Crippen MR) is 105 cm³/mol. The molecule has 1 saturated heterocycles. The highest BCUT2D eigenvalue weighted by Crippen LogP contribution is 2.20. The summed E-state index contributed by atoms with van der Waals surface area (Å²) in [6.45, 7) is 6.03. The average Bonchev–Trinajstić information content (AvgIpc) is 2.72. The maximum atomic E-state index is 13.1. The topological polar surface area (TPSA) is 52.6 Å². The lowest BCUT2D eigenvalue weighted by Crippen LogP contribution is -2.47. The molecule has 0 radical (unpaired) electrons. The molecule has 3 rings (SSSR count). The van der Waals surface area contributed by atoms with Gasteiger partial charge in [0, 0.05) is 51.5 Å². The van der Waals surface area contributed by atoms with E-state index in [1.165, 1.54) is 18.5 Å². The number of nitrogens with zero attached hydrogens (tertiary/aromatic N) is 5. The molecule has 7 heteroatoms. The Morgan fingerprint density at radius 3 is 2.44 bits per heavy atom. The third-order valence-electron chi connectivity index (χ3n) is 4.86.